The van der Waals surface area contributed by atoms with Crippen LogP contribution in [0.3, 0.4) is 0 Å². The minimum Gasteiger partial charge on any atom is -0.334 e. The van der Waals surface area contributed by atoms with E-state index in [1.165, 1.54) is 12.2 Å². The Hall–Kier alpha value is -0.440. The lowest BCUT2D eigenvalue weighted by Gasteiger charge is -2.00. The lowest BCUT2D eigenvalue weighted by Crippen LogP contribution is -1.90. The third-order valence-corrected chi connectivity index (χ3v) is 2.97. The molecule has 0 saturated carbocycles. The molecule has 0 aliphatic carbocycles. The molecule has 54 valence electrons. The molecule has 0 aromatic carbocycles. The molecular formula is C7H10N2S. The molecule has 0 unspecified atom stereocenters. The first-order valence-corrected chi connectivity index (χ1v) is 4.74. The van der Waals surface area contributed by atoms with Crippen LogP contribution in [0.1, 0.15) is 17.5 Å². The Kier molecular flexibility index (Phi) is 1.45. The maximum Gasteiger partial charge on any atom is 0.121 e. The molecule has 1 aromatic heterocycles. The molecule has 1 aliphatic heterocycles. The summed E-state index contributed by atoms with van der Waals surface area (Å²) in [4.78, 5) is 4.29. The van der Waals surface area contributed by atoms with Crippen LogP contribution in [-0.2, 0) is 6.54 Å². The number of hydrogen-bond donors (Lipinski definition) is 0. The van der Waals surface area contributed by atoms with Crippen molar-refractivity contribution < 1.29 is 0 Å². The van der Waals surface area contributed by atoms with Crippen molar-refractivity contribution in [3.05, 3.63) is 18.2 Å². The third-order valence-electron chi connectivity index (χ3n) is 1.95. The van der Waals surface area contributed by atoms with Crippen LogP contribution in [0.4, 0.5) is 0 Å². The highest BCUT2D eigenvalue weighted by Crippen LogP contribution is 2.34. The molecule has 0 amide bonds. The van der Waals surface area contributed by atoms with E-state index in [4.69, 9.17) is 0 Å². The van der Waals surface area contributed by atoms with Gasteiger partial charge < -0.3 is 4.57 Å². The van der Waals surface area contributed by atoms with Gasteiger partial charge in [0.15, 0.2) is 0 Å². The summed E-state index contributed by atoms with van der Waals surface area (Å²) >= 11 is 1.90. The highest BCUT2D eigenvalue weighted by Gasteiger charge is 2.21. The van der Waals surface area contributed by atoms with E-state index < -0.39 is 0 Å². The number of rotatable bonds is 1. The molecule has 2 rings (SSSR count). The van der Waals surface area contributed by atoms with E-state index in [-0.39, 0.29) is 0 Å². The normalized spacial score (nSPS) is 23.1. The summed E-state index contributed by atoms with van der Waals surface area (Å²) in [7, 11) is 0. The number of aryl methyl sites for hydroxylation is 1. The van der Waals surface area contributed by atoms with Crippen LogP contribution in [0.2, 0.25) is 0 Å². The summed E-state index contributed by atoms with van der Waals surface area (Å²) in [6.45, 7) is 1.15. The van der Waals surface area contributed by atoms with Gasteiger partial charge in [-0.05, 0) is 12.7 Å². The summed E-state index contributed by atoms with van der Waals surface area (Å²) in [5, 5.41) is 0.648. The fourth-order valence-electron chi connectivity index (χ4n) is 1.41. The van der Waals surface area contributed by atoms with Crippen molar-refractivity contribution in [1.82, 2.24) is 9.55 Å². The second kappa shape index (κ2) is 2.31. The fraction of sp³-hybridized carbons (Fsp3) is 0.571. The van der Waals surface area contributed by atoms with Crippen molar-refractivity contribution in [2.45, 2.75) is 18.2 Å². The quantitative estimate of drug-likeness (QED) is 0.612. The lowest BCUT2D eigenvalue weighted by molar-refractivity contribution is 0.747. The predicted molar refractivity (Wildman–Crippen MR) is 43.1 cm³/mol. The van der Waals surface area contributed by atoms with E-state index in [2.05, 4.69) is 22.0 Å². The topological polar surface area (TPSA) is 17.8 Å². The molecule has 1 aromatic rings. The molecule has 10 heavy (non-hydrogen) atoms. The molecule has 0 N–H and O–H groups in total. The number of hydrogen-bond acceptors (Lipinski definition) is 2. The molecule has 2 nitrogen and oxygen atoms in total. The molecular weight excluding hydrogens is 144 g/mol. The summed E-state index contributed by atoms with van der Waals surface area (Å²) in [5.41, 5.74) is 0. The van der Waals surface area contributed by atoms with Gasteiger partial charge in [0.2, 0.25) is 0 Å². The zero-order chi connectivity index (χ0) is 6.97. The fourth-order valence-corrected chi connectivity index (χ4v) is 2.15. The molecule has 0 bridgehead atoms. The van der Waals surface area contributed by atoms with E-state index in [0.29, 0.717) is 5.25 Å². The van der Waals surface area contributed by atoms with Gasteiger partial charge in [0, 0.05) is 18.9 Å². The molecule has 0 spiro atoms. The zero-order valence-corrected chi connectivity index (χ0v) is 6.77. The van der Waals surface area contributed by atoms with Crippen molar-refractivity contribution in [1.29, 1.82) is 0 Å². The third kappa shape index (κ3) is 0.770. The number of fused-ring (bicyclic) bond motifs is 1. The molecule has 0 radical (unpaired) electrons. The minimum atomic E-state index is 0.648. The van der Waals surface area contributed by atoms with Crippen molar-refractivity contribution in [2.75, 3.05) is 6.26 Å². The maximum atomic E-state index is 4.29. The van der Waals surface area contributed by atoms with Crippen LogP contribution < -0.4 is 0 Å². The van der Waals surface area contributed by atoms with Crippen LogP contribution in [0.25, 0.3) is 0 Å². The standard InChI is InChI=1S/C7H10N2S/c1-10-6-2-4-9-5-3-8-7(6)9/h3,5-6H,2,4H2,1H3/t6-/m0/s1. The first-order chi connectivity index (χ1) is 4.92. The average molecular weight is 154 g/mol. The van der Waals surface area contributed by atoms with Crippen molar-refractivity contribution in [2.24, 2.45) is 0 Å². The Morgan fingerprint density at radius 1 is 1.80 bits per heavy atom. The molecule has 1 atom stereocenters. The van der Waals surface area contributed by atoms with Gasteiger partial charge in [0.05, 0.1) is 5.25 Å². The number of imidazole rings is 1. The lowest BCUT2D eigenvalue weighted by atomic mass is 10.3. The second-order valence-corrected chi connectivity index (χ2v) is 3.53. The predicted octanol–water partition coefficient (Wildman–Crippen LogP) is 1.69. The Labute approximate surface area is 64.6 Å². The summed E-state index contributed by atoms with van der Waals surface area (Å²) in [6.07, 6.45) is 7.35. The van der Waals surface area contributed by atoms with E-state index >= 15 is 0 Å². The van der Waals surface area contributed by atoms with Gasteiger partial charge in [-0.2, -0.15) is 11.8 Å². The van der Waals surface area contributed by atoms with Gasteiger partial charge in [-0.15, -0.1) is 0 Å². The van der Waals surface area contributed by atoms with Gasteiger partial charge in [0.1, 0.15) is 5.82 Å². The molecule has 1 aliphatic rings. The van der Waals surface area contributed by atoms with Crippen molar-refractivity contribution in [3.63, 3.8) is 0 Å². The molecule has 0 saturated heterocycles. The number of nitrogens with zero attached hydrogens (tertiary/aromatic N) is 2. The summed E-state index contributed by atoms with van der Waals surface area (Å²) in [5.74, 6) is 1.26. The summed E-state index contributed by atoms with van der Waals surface area (Å²) in [6, 6.07) is 0. The van der Waals surface area contributed by atoms with Gasteiger partial charge in [-0.3, -0.25) is 0 Å². The SMILES string of the molecule is CS[C@H]1CCn2ccnc21. The van der Waals surface area contributed by atoms with Crippen LogP contribution in [0, 0.1) is 0 Å². The first kappa shape index (κ1) is 6.28. The maximum absolute atomic E-state index is 4.29. The molecule has 0 fully saturated rings. The average Bonchev–Trinajstić information content (AvgIpc) is 2.44. The van der Waals surface area contributed by atoms with Crippen LogP contribution in [-0.4, -0.2) is 15.8 Å². The number of thioether (sulfide) groups is 1. The number of aromatic nitrogens is 2. The largest absolute Gasteiger partial charge is 0.334 e. The monoisotopic (exact) mass is 154 g/mol. The summed E-state index contributed by atoms with van der Waals surface area (Å²) < 4.78 is 2.24. The highest BCUT2D eigenvalue weighted by atomic mass is 32.2. The van der Waals surface area contributed by atoms with E-state index in [1.54, 1.807) is 0 Å². The van der Waals surface area contributed by atoms with Gasteiger partial charge in [-0.25, -0.2) is 4.98 Å². The smallest absolute Gasteiger partial charge is 0.121 e. The molecule has 2 heterocycles. The Morgan fingerprint density at radius 2 is 2.70 bits per heavy atom. The second-order valence-electron chi connectivity index (χ2n) is 2.49. The highest BCUT2D eigenvalue weighted by molar-refractivity contribution is 7.98. The minimum absolute atomic E-state index is 0.648. The molecule has 3 heteroatoms. The first-order valence-electron chi connectivity index (χ1n) is 3.45. The van der Waals surface area contributed by atoms with Crippen molar-refractivity contribution >= 4 is 11.8 Å². The van der Waals surface area contributed by atoms with E-state index in [0.717, 1.165) is 6.54 Å². The van der Waals surface area contributed by atoms with Gasteiger partial charge in [0.25, 0.3) is 0 Å². The van der Waals surface area contributed by atoms with Crippen LogP contribution in [0.5, 0.6) is 0 Å². The van der Waals surface area contributed by atoms with Gasteiger partial charge >= 0.3 is 0 Å². The van der Waals surface area contributed by atoms with Crippen LogP contribution in [0.15, 0.2) is 12.4 Å². The van der Waals surface area contributed by atoms with Crippen LogP contribution >= 0.6 is 11.8 Å². The van der Waals surface area contributed by atoms with Gasteiger partial charge in [-0.1, -0.05) is 0 Å². The zero-order valence-electron chi connectivity index (χ0n) is 5.95. The van der Waals surface area contributed by atoms with E-state index in [1.807, 2.05) is 18.0 Å². The van der Waals surface area contributed by atoms with E-state index in [9.17, 15) is 0 Å². The Bertz CT molecular complexity index is 231. The Morgan fingerprint density at radius 3 is 3.50 bits per heavy atom. The Balaban J connectivity index is 2.34. The van der Waals surface area contributed by atoms with Crippen molar-refractivity contribution in [3.8, 4) is 0 Å².